The quantitative estimate of drug-likeness (QED) is 0.847. The number of hydrogen-bond donors (Lipinski definition) is 1. The maximum atomic E-state index is 5.82. The molecule has 6 nitrogen and oxygen atoms in total. The van der Waals surface area contributed by atoms with Gasteiger partial charge in [0, 0.05) is 25.8 Å². The molecule has 0 unspecified atom stereocenters. The van der Waals surface area contributed by atoms with Gasteiger partial charge in [0.05, 0.1) is 36.9 Å². The van der Waals surface area contributed by atoms with E-state index >= 15 is 0 Å². The molecule has 0 radical (unpaired) electrons. The Morgan fingerprint density at radius 1 is 1.28 bits per heavy atom. The van der Waals surface area contributed by atoms with Crippen molar-refractivity contribution in [3.05, 3.63) is 18.5 Å². The van der Waals surface area contributed by atoms with Crippen molar-refractivity contribution in [2.45, 2.75) is 6.54 Å². The second-order valence-corrected chi connectivity index (χ2v) is 4.45. The molecule has 6 heteroatoms. The largest absolute Gasteiger partial charge is 0.383 e. The number of aromatic nitrogens is 3. The van der Waals surface area contributed by atoms with E-state index < -0.39 is 0 Å². The molecule has 2 aromatic heterocycles. The first kappa shape index (κ1) is 11.4. The maximum Gasteiger partial charge on any atom is 0.134 e. The highest BCUT2D eigenvalue weighted by Crippen LogP contribution is 2.17. The van der Waals surface area contributed by atoms with E-state index in [-0.39, 0.29) is 0 Å². The monoisotopic (exact) mass is 247 g/mol. The fourth-order valence-electron chi connectivity index (χ4n) is 2.26. The molecule has 2 N–H and O–H groups in total. The minimum absolute atomic E-state index is 0.546. The van der Waals surface area contributed by atoms with Crippen LogP contribution in [0.4, 0.5) is 5.82 Å². The molecule has 1 fully saturated rings. The number of nitrogens with two attached hydrogens (primary N) is 1. The summed E-state index contributed by atoms with van der Waals surface area (Å²) in [4.78, 5) is 6.46. The topological polar surface area (TPSA) is 69.2 Å². The van der Waals surface area contributed by atoms with Gasteiger partial charge in [-0.3, -0.25) is 9.58 Å². The van der Waals surface area contributed by atoms with Crippen LogP contribution in [0.25, 0.3) is 10.9 Å². The molecule has 1 aliphatic heterocycles. The molecule has 18 heavy (non-hydrogen) atoms. The summed E-state index contributed by atoms with van der Waals surface area (Å²) >= 11 is 0. The van der Waals surface area contributed by atoms with Crippen molar-refractivity contribution in [3.8, 4) is 0 Å². The third kappa shape index (κ3) is 2.16. The van der Waals surface area contributed by atoms with Gasteiger partial charge in [-0.15, -0.1) is 0 Å². The first-order valence-electron chi connectivity index (χ1n) is 6.21. The third-order valence-corrected chi connectivity index (χ3v) is 3.33. The summed E-state index contributed by atoms with van der Waals surface area (Å²) in [5, 5.41) is 5.31. The van der Waals surface area contributed by atoms with Crippen molar-refractivity contribution in [1.29, 1.82) is 0 Å². The van der Waals surface area contributed by atoms with E-state index in [1.807, 2.05) is 10.7 Å². The van der Waals surface area contributed by atoms with Gasteiger partial charge in [-0.25, -0.2) is 4.98 Å². The molecule has 0 amide bonds. The Kier molecular flexibility index (Phi) is 3.12. The molecule has 0 saturated carbocycles. The SMILES string of the molecule is Nc1nccc2c1cnn2CCN1CCOCC1. The van der Waals surface area contributed by atoms with Crippen LogP contribution in [0.3, 0.4) is 0 Å². The average Bonchev–Trinajstić information content (AvgIpc) is 2.82. The number of morpholine rings is 1. The molecule has 0 spiro atoms. The van der Waals surface area contributed by atoms with Crippen LogP contribution in [0, 0.1) is 0 Å². The highest BCUT2D eigenvalue weighted by atomic mass is 16.5. The van der Waals surface area contributed by atoms with Gasteiger partial charge in [-0.05, 0) is 6.07 Å². The molecule has 1 saturated heterocycles. The van der Waals surface area contributed by atoms with Gasteiger partial charge in [0.25, 0.3) is 0 Å². The number of hydrogen-bond acceptors (Lipinski definition) is 5. The van der Waals surface area contributed by atoms with Crippen LogP contribution in [0.15, 0.2) is 18.5 Å². The Morgan fingerprint density at radius 3 is 2.94 bits per heavy atom. The number of fused-ring (bicyclic) bond motifs is 1. The van der Waals surface area contributed by atoms with Gasteiger partial charge in [0.2, 0.25) is 0 Å². The zero-order chi connectivity index (χ0) is 12.4. The predicted molar refractivity (Wildman–Crippen MR) is 69.2 cm³/mol. The molecule has 0 aliphatic carbocycles. The molecule has 0 bridgehead atoms. The smallest absolute Gasteiger partial charge is 0.134 e. The van der Waals surface area contributed by atoms with Gasteiger partial charge >= 0.3 is 0 Å². The molecule has 0 atom stereocenters. The fraction of sp³-hybridized carbons (Fsp3) is 0.500. The molecule has 3 rings (SSSR count). The summed E-state index contributed by atoms with van der Waals surface area (Å²) in [5.41, 5.74) is 6.87. The van der Waals surface area contributed by atoms with Crippen molar-refractivity contribution in [3.63, 3.8) is 0 Å². The zero-order valence-electron chi connectivity index (χ0n) is 10.2. The van der Waals surface area contributed by atoms with E-state index in [1.165, 1.54) is 0 Å². The lowest BCUT2D eigenvalue weighted by Crippen LogP contribution is -2.38. The molecule has 3 heterocycles. The first-order chi connectivity index (χ1) is 8.84. The second-order valence-electron chi connectivity index (χ2n) is 4.45. The second kappa shape index (κ2) is 4.91. The van der Waals surface area contributed by atoms with Crippen LogP contribution in [0.5, 0.6) is 0 Å². The lowest BCUT2D eigenvalue weighted by Gasteiger charge is -2.26. The molecule has 96 valence electrons. The predicted octanol–water partition coefficient (Wildman–Crippen LogP) is 0.346. The Bertz CT molecular complexity index is 532. The molecule has 1 aliphatic rings. The summed E-state index contributed by atoms with van der Waals surface area (Å²) in [6, 6.07) is 1.96. The minimum Gasteiger partial charge on any atom is -0.383 e. The fourth-order valence-corrected chi connectivity index (χ4v) is 2.26. The lowest BCUT2D eigenvalue weighted by atomic mass is 10.3. The van der Waals surface area contributed by atoms with Crippen LogP contribution in [-0.4, -0.2) is 52.5 Å². The summed E-state index contributed by atoms with van der Waals surface area (Å²) in [6.07, 6.45) is 3.52. The van der Waals surface area contributed by atoms with Gasteiger partial charge in [0.1, 0.15) is 5.82 Å². The van der Waals surface area contributed by atoms with Crippen LogP contribution in [0.2, 0.25) is 0 Å². The highest BCUT2D eigenvalue weighted by molar-refractivity contribution is 5.87. The summed E-state index contributed by atoms with van der Waals surface area (Å²) in [6.45, 7) is 5.52. The average molecular weight is 247 g/mol. The minimum atomic E-state index is 0.546. The number of pyridine rings is 1. The standard InChI is InChI=1S/C12H17N5O/c13-12-10-9-15-17(11(10)1-2-14-12)4-3-16-5-7-18-8-6-16/h1-2,9H,3-8H2,(H2,13,14). The van der Waals surface area contributed by atoms with Crippen molar-refractivity contribution in [1.82, 2.24) is 19.7 Å². The van der Waals surface area contributed by atoms with Crippen LogP contribution in [0.1, 0.15) is 0 Å². The Labute approximate surface area is 105 Å². The highest BCUT2D eigenvalue weighted by Gasteiger charge is 2.11. The van der Waals surface area contributed by atoms with Gasteiger partial charge in [-0.1, -0.05) is 0 Å². The number of anilines is 1. The summed E-state index contributed by atoms with van der Waals surface area (Å²) in [7, 11) is 0. The molecular formula is C12H17N5O. The maximum absolute atomic E-state index is 5.82. The van der Waals surface area contributed by atoms with Crippen molar-refractivity contribution < 1.29 is 4.74 Å². The number of nitrogen functional groups attached to an aromatic ring is 1. The number of nitrogens with zero attached hydrogens (tertiary/aromatic N) is 4. The Hall–Kier alpha value is -1.66. The van der Waals surface area contributed by atoms with Crippen LogP contribution >= 0.6 is 0 Å². The van der Waals surface area contributed by atoms with Crippen LogP contribution in [-0.2, 0) is 11.3 Å². The lowest BCUT2D eigenvalue weighted by molar-refractivity contribution is 0.0361. The first-order valence-corrected chi connectivity index (χ1v) is 6.21. The van der Waals surface area contributed by atoms with E-state index in [0.29, 0.717) is 5.82 Å². The van der Waals surface area contributed by atoms with E-state index in [4.69, 9.17) is 10.5 Å². The Morgan fingerprint density at radius 2 is 2.11 bits per heavy atom. The number of rotatable bonds is 3. The number of ether oxygens (including phenoxy) is 1. The van der Waals surface area contributed by atoms with Crippen molar-refractivity contribution >= 4 is 16.7 Å². The van der Waals surface area contributed by atoms with E-state index in [2.05, 4.69) is 15.0 Å². The molecular weight excluding hydrogens is 230 g/mol. The van der Waals surface area contributed by atoms with E-state index in [1.54, 1.807) is 12.4 Å². The summed E-state index contributed by atoms with van der Waals surface area (Å²) < 4.78 is 7.32. The zero-order valence-corrected chi connectivity index (χ0v) is 10.2. The van der Waals surface area contributed by atoms with Crippen molar-refractivity contribution in [2.75, 3.05) is 38.6 Å². The van der Waals surface area contributed by atoms with E-state index in [0.717, 1.165) is 50.3 Å². The van der Waals surface area contributed by atoms with Gasteiger partial charge in [-0.2, -0.15) is 5.10 Å². The molecule has 2 aromatic rings. The van der Waals surface area contributed by atoms with E-state index in [9.17, 15) is 0 Å². The van der Waals surface area contributed by atoms with Crippen LogP contribution < -0.4 is 5.73 Å². The third-order valence-electron chi connectivity index (χ3n) is 3.33. The Balaban J connectivity index is 1.72. The molecule has 0 aromatic carbocycles. The van der Waals surface area contributed by atoms with Gasteiger partial charge < -0.3 is 10.5 Å². The van der Waals surface area contributed by atoms with Gasteiger partial charge in [0.15, 0.2) is 0 Å². The van der Waals surface area contributed by atoms with Crippen molar-refractivity contribution in [2.24, 2.45) is 0 Å². The summed E-state index contributed by atoms with van der Waals surface area (Å²) in [5.74, 6) is 0.546. The normalized spacial score (nSPS) is 17.3.